The van der Waals surface area contributed by atoms with E-state index in [-0.39, 0.29) is 24.9 Å². The van der Waals surface area contributed by atoms with Crippen molar-refractivity contribution in [1.29, 1.82) is 0 Å². The maximum absolute atomic E-state index is 12.5. The lowest BCUT2D eigenvalue weighted by atomic mass is 9.81. The molecule has 5 nitrogen and oxygen atoms in total. The van der Waals surface area contributed by atoms with E-state index in [1.165, 1.54) is 4.90 Å². The smallest absolute Gasteiger partial charge is 0.465 e. The fraction of sp³-hybridized carbons (Fsp3) is 0.833. The lowest BCUT2D eigenvalue weighted by molar-refractivity contribution is -0.187. The van der Waals surface area contributed by atoms with E-state index in [0.717, 1.165) is 18.4 Å². The molecule has 1 N–H and O–H groups in total. The van der Waals surface area contributed by atoms with Crippen LogP contribution in [0, 0.1) is 0 Å². The highest BCUT2D eigenvalue weighted by Crippen LogP contribution is 2.36. The van der Waals surface area contributed by atoms with Crippen molar-refractivity contribution in [3.05, 3.63) is 0 Å². The van der Waals surface area contributed by atoms with Crippen molar-refractivity contribution in [3.63, 3.8) is 0 Å². The molecule has 2 amide bonds. The van der Waals surface area contributed by atoms with E-state index >= 15 is 0 Å². The lowest BCUT2D eigenvalue weighted by Crippen LogP contribution is -2.59. The van der Waals surface area contributed by atoms with Crippen LogP contribution in [0.25, 0.3) is 0 Å². The number of piperidine rings is 2. The van der Waals surface area contributed by atoms with Crippen LogP contribution < -0.4 is 0 Å². The minimum Gasteiger partial charge on any atom is -0.465 e. The minimum absolute atomic E-state index is 0.279. The summed E-state index contributed by atoms with van der Waals surface area (Å²) in [5.41, 5.74) is 0. The molecule has 0 aromatic rings. The molecule has 0 radical (unpaired) electrons. The summed E-state index contributed by atoms with van der Waals surface area (Å²) in [6.45, 7) is 0. The molecule has 2 rings (SSSR count). The molecule has 114 valence electrons. The van der Waals surface area contributed by atoms with E-state index in [4.69, 9.17) is 0 Å². The Kier molecular flexibility index (Phi) is 3.84. The van der Waals surface area contributed by atoms with Crippen LogP contribution in [0.1, 0.15) is 32.1 Å². The molecule has 0 spiro atoms. The van der Waals surface area contributed by atoms with Crippen molar-refractivity contribution in [3.8, 4) is 0 Å². The van der Waals surface area contributed by atoms with Crippen LogP contribution in [0.4, 0.5) is 18.0 Å². The van der Waals surface area contributed by atoms with Crippen LogP contribution in [0.15, 0.2) is 0 Å². The number of rotatable bonds is 1. The molecular weight excluding hydrogens is 277 g/mol. The van der Waals surface area contributed by atoms with Gasteiger partial charge in [0.05, 0.1) is 0 Å². The van der Waals surface area contributed by atoms with Crippen molar-refractivity contribution in [1.82, 2.24) is 9.80 Å². The second-order valence-electron chi connectivity index (χ2n) is 5.47. The third-order valence-corrected chi connectivity index (χ3v) is 4.28. The van der Waals surface area contributed by atoms with Crippen LogP contribution in [0.2, 0.25) is 0 Å². The Morgan fingerprint density at radius 2 is 1.70 bits per heavy atom. The predicted molar refractivity (Wildman–Crippen MR) is 63.1 cm³/mol. The molecule has 0 saturated carbocycles. The Hall–Kier alpha value is -1.47. The van der Waals surface area contributed by atoms with Crippen molar-refractivity contribution < 1.29 is 27.9 Å². The summed E-state index contributed by atoms with van der Waals surface area (Å²) in [4.78, 5) is 24.6. The van der Waals surface area contributed by atoms with E-state index in [1.54, 1.807) is 0 Å². The van der Waals surface area contributed by atoms with E-state index in [9.17, 15) is 27.9 Å². The number of amides is 2. The van der Waals surface area contributed by atoms with Crippen LogP contribution >= 0.6 is 0 Å². The summed E-state index contributed by atoms with van der Waals surface area (Å²) < 4.78 is 37.4. The second kappa shape index (κ2) is 5.14. The summed E-state index contributed by atoms with van der Waals surface area (Å²) in [5, 5.41) is 9.17. The van der Waals surface area contributed by atoms with Gasteiger partial charge in [-0.25, -0.2) is 4.79 Å². The predicted octanol–water partition coefficient (Wildman–Crippen LogP) is 2.07. The molecule has 0 aliphatic carbocycles. The van der Waals surface area contributed by atoms with E-state index < -0.39 is 24.2 Å². The van der Waals surface area contributed by atoms with Gasteiger partial charge in [-0.1, -0.05) is 0 Å². The van der Waals surface area contributed by atoms with Gasteiger partial charge in [0.25, 0.3) is 0 Å². The molecule has 2 bridgehead atoms. The zero-order valence-electron chi connectivity index (χ0n) is 11.1. The number of halogens is 3. The van der Waals surface area contributed by atoms with Crippen molar-refractivity contribution in [2.75, 3.05) is 7.05 Å². The maximum Gasteiger partial charge on any atom is 0.471 e. The highest BCUT2D eigenvalue weighted by molar-refractivity contribution is 5.82. The van der Waals surface area contributed by atoms with Gasteiger partial charge >= 0.3 is 18.2 Å². The Balaban J connectivity index is 2.11. The number of fused-ring (bicyclic) bond motifs is 2. The molecule has 2 heterocycles. The molecule has 2 aliphatic heterocycles. The first kappa shape index (κ1) is 14.9. The minimum atomic E-state index is -4.88. The van der Waals surface area contributed by atoms with Gasteiger partial charge in [-0.05, 0) is 32.1 Å². The van der Waals surface area contributed by atoms with Crippen LogP contribution in [-0.4, -0.2) is 58.3 Å². The number of alkyl halides is 3. The average Bonchev–Trinajstić information content (AvgIpc) is 2.34. The fourth-order valence-corrected chi connectivity index (χ4v) is 3.35. The van der Waals surface area contributed by atoms with Gasteiger partial charge in [0, 0.05) is 25.2 Å². The molecule has 0 aromatic carbocycles. The third-order valence-electron chi connectivity index (χ3n) is 4.28. The third kappa shape index (κ3) is 2.69. The quantitative estimate of drug-likeness (QED) is 0.805. The summed E-state index contributed by atoms with van der Waals surface area (Å²) in [7, 11) is 1.15. The van der Waals surface area contributed by atoms with Gasteiger partial charge < -0.3 is 14.9 Å². The summed E-state index contributed by atoms with van der Waals surface area (Å²) in [6, 6.07) is -1.11. The Bertz CT molecular complexity index is 399. The molecule has 3 atom stereocenters. The first-order chi connectivity index (χ1) is 9.21. The molecule has 0 unspecified atom stereocenters. The number of nitrogens with zero attached hydrogens (tertiary/aromatic N) is 2. The van der Waals surface area contributed by atoms with Gasteiger partial charge in [-0.2, -0.15) is 13.2 Å². The molecular formula is C12H17F3N2O3. The normalized spacial score (nSPS) is 30.0. The molecule has 0 aromatic heterocycles. The Morgan fingerprint density at radius 1 is 1.20 bits per heavy atom. The highest BCUT2D eigenvalue weighted by atomic mass is 19.4. The van der Waals surface area contributed by atoms with Crippen LogP contribution in [-0.2, 0) is 4.79 Å². The summed E-state index contributed by atoms with van der Waals surface area (Å²) in [6.07, 6.45) is -3.18. The van der Waals surface area contributed by atoms with E-state index in [0.29, 0.717) is 12.8 Å². The number of carbonyl (C=O) groups excluding carboxylic acids is 1. The first-order valence-corrected chi connectivity index (χ1v) is 6.57. The molecule has 2 fully saturated rings. The fourth-order valence-electron chi connectivity index (χ4n) is 3.35. The molecule has 2 aliphatic rings. The van der Waals surface area contributed by atoms with Gasteiger partial charge in [0.15, 0.2) is 0 Å². The topological polar surface area (TPSA) is 60.9 Å². The maximum atomic E-state index is 12.5. The van der Waals surface area contributed by atoms with Crippen molar-refractivity contribution >= 4 is 12.0 Å². The van der Waals surface area contributed by atoms with Crippen LogP contribution in [0.3, 0.4) is 0 Å². The zero-order valence-corrected chi connectivity index (χ0v) is 11.1. The first-order valence-electron chi connectivity index (χ1n) is 6.57. The van der Waals surface area contributed by atoms with Gasteiger partial charge in [-0.3, -0.25) is 4.79 Å². The summed E-state index contributed by atoms with van der Waals surface area (Å²) >= 11 is 0. The van der Waals surface area contributed by atoms with Crippen molar-refractivity contribution in [2.45, 2.75) is 56.4 Å². The Labute approximate surface area is 114 Å². The van der Waals surface area contributed by atoms with E-state index in [2.05, 4.69) is 0 Å². The standard InChI is InChI=1S/C12H17F3N2O3/c1-16(10(18)12(13,14)15)9-5-7-3-2-4-8(6-9)17(7)11(19)20/h7-9H,2-6H2,1H3,(H,19,20)/t7-,8+,9+. The van der Waals surface area contributed by atoms with Gasteiger partial charge in [0.2, 0.25) is 0 Å². The molecule has 2 saturated heterocycles. The summed E-state index contributed by atoms with van der Waals surface area (Å²) in [5.74, 6) is -1.86. The average molecular weight is 294 g/mol. The van der Waals surface area contributed by atoms with E-state index in [1.807, 2.05) is 0 Å². The number of hydrogen-bond acceptors (Lipinski definition) is 2. The SMILES string of the molecule is CN(C(=O)C(F)(F)F)[C@H]1C[C@H]2CCC[C@@H](C1)N2C(=O)O. The molecule has 8 heteroatoms. The van der Waals surface area contributed by atoms with Crippen molar-refractivity contribution in [2.24, 2.45) is 0 Å². The number of carboxylic acid groups (broad SMARTS) is 1. The van der Waals surface area contributed by atoms with Gasteiger partial charge in [-0.15, -0.1) is 0 Å². The molecule has 20 heavy (non-hydrogen) atoms. The van der Waals surface area contributed by atoms with Crippen LogP contribution in [0.5, 0.6) is 0 Å². The monoisotopic (exact) mass is 294 g/mol. The second-order valence-corrected chi connectivity index (χ2v) is 5.47. The Morgan fingerprint density at radius 3 is 2.10 bits per heavy atom. The lowest BCUT2D eigenvalue weighted by Gasteiger charge is -2.49. The largest absolute Gasteiger partial charge is 0.471 e. The zero-order chi connectivity index (χ0) is 15.1. The van der Waals surface area contributed by atoms with Gasteiger partial charge in [0.1, 0.15) is 0 Å². The number of carbonyl (C=O) groups is 2. The number of hydrogen-bond donors (Lipinski definition) is 1. The highest BCUT2D eigenvalue weighted by Gasteiger charge is 2.47.